The first-order valence-electron chi connectivity index (χ1n) is 5.61. The Balaban J connectivity index is 2.31. The van der Waals surface area contributed by atoms with Crippen LogP contribution in [0.1, 0.15) is 5.56 Å². The predicted molar refractivity (Wildman–Crippen MR) is 77.5 cm³/mol. The summed E-state index contributed by atoms with van der Waals surface area (Å²) in [6, 6.07) is 9.19. The van der Waals surface area contributed by atoms with E-state index in [0.717, 1.165) is 5.56 Å². The second-order valence-electron chi connectivity index (χ2n) is 3.93. The standard InChI is InChI=1S/C13H10Cl2N2O3/c14-9-1-4-13(8(5-9)7-16)20-10-2-3-12(17(18)19)11(15)6-10/h1-6H,7,16H2. The third-order valence-electron chi connectivity index (χ3n) is 2.59. The van der Waals surface area contributed by atoms with Gasteiger partial charge in [-0.15, -0.1) is 0 Å². The maximum atomic E-state index is 10.7. The fourth-order valence-corrected chi connectivity index (χ4v) is 2.07. The molecule has 0 saturated carbocycles. The van der Waals surface area contributed by atoms with E-state index in [-0.39, 0.29) is 17.3 Å². The lowest BCUT2D eigenvalue weighted by molar-refractivity contribution is -0.384. The van der Waals surface area contributed by atoms with Gasteiger partial charge in [0.05, 0.1) is 4.92 Å². The highest BCUT2D eigenvalue weighted by atomic mass is 35.5. The van der Waals surface area contributed by atoms with Gasteiger partial charge in [0.15, 0.2) is 0 Å². The van der Waals surface area contributed by atoms with E-state index in [1.54, 1.807) is 18.2 Å². The molecule has 2 aromatic rings. The SMILES string of the molecule is NCc1cc(Cl)ccc1Oc1ccc([N+](=O)[O-])c(Cl)c1. The molecule has 0 amide bonds. The molecule has 0 fully saturated rings. The summed E-state index contributed by atoms with van der Waals surface area (Å²) in [5.41, 5.74) is 6.17. The number of hydrogen-bond donors (Lipinski definition) is 1. The van der Waals surface area contributed by atoms with E-state index in [9.17, 15) is 10.1 Å². The topological polar surface area (TPSA) is 78.4 Å². The van der Waals surface area contributed by atoms with Crippen LogP contribution in [0.5, 0.6) is 11.5 Å². The van der Waals surface area contributed by atoms with Crippen LogP contribution in [0.15, 0.2) is 36.4 Å². The van der Waals surface area contributed by atoms with Gasteiger partial charge in [-0.1, -0.05) is 23.2 Å². The Morgan fingerprint density at radius 2 is 1.95 bits per heavy atom. The number of halogens is 2. The molecule has 0 bridgehead atoms. The molecule has 104 valence electrons. The van der Waals surface area contributed by atoms with Crippen LogP contribution in [0, 0.1) is 10.1 Å². The molecule has 0 aliphatic heterocycles. The Kier molecular flexibility index (Phi) is 4.44. The molecule has 0 saturated heterocycles. The molecule has 0 radical (unpaired) electrons. The maximum Gasteiger partial charge on any atom is 0.288 e. The molecule has 2 rings (SSSR count). The molecule has 0 unspecified atom stereocenters. The third-order valence-corrected chi connectivity index (χ3v) is 3.12. The van der Waals surface area contributed by atoms with Crippen molar-refractivity contribution in [3.63, 3.8) is 0 Å². The number of hydrogen-bond acceptors (Lipinski definition) is 4. The van der Waals surface area contributed by atoms with Crippen molar-refractivity contribution in [1.82, 2.24) is 0 Å². The average molecular weight is 313 g/mol. The van der Waals surface area contributed by atoms with Gasteiger partial charge >= 0.3 is 0 Å². The summed E-state index contributed by atoms with van der Waals surface area (Å²) in [5.74, 6) is 0.916. The molecule has 0 heterocycles. The van der Waals surface area contributed by atoms with E-state index in [1.165, 1.54) is 18.2 Å². The van der Waals surface area contributed by atoms with Crippen molar-refractivity contribution in [3.05, 3.63) is 62.1 Å². The van der Waals surface area contributed by atoms with E-state index in [1.807, 2.05) is 0 Å². The monoisotopic (exact) mass is 312 g/mol. The molecule has 0 atom stereocenters. The molecule has 2 N–H and O–H groups in total. The van der Waals surface area contributed by atoms with Crippen molar-refractivity contribution in [2.45, 2.75) is 6.54 Å². The number of nitrogens with two attached hydrogens (primary N) is 1. The van der Waals surface area contributed by atoms with Crippen LogP contribution in [-0.4, -0.2) is 4.92 Å². The Morgan fingerprint density at radius 1 is 1.20 bits per heavy atom. The van der Waals surface area contributed by atoms with Gasteiger partial charge in [-0.05, 0) is 24.3 Å². The molecule has 0 aliphatic carbocycles. The zero-order valence-corrected chi connectivity index (χ0v) is 11.7. The van der Waals surface area contributed by atoms with E-state index < -0.39 is 4.92 Å². The van der Waals surface area contributed by atoms with Gasteiger partial charge < -0.3 is 10.5 Å². The first-order valence-corrected chi connectivity index (χ1v) is 6.37. The molecule has 0 spiro atoms. The van der Waals surface area contributed by atoms with Gasteiger partial charge in [0, 0.05) is 29.3 Å². The normalized spacial score (nSPS) is 10.3. The Labute approximate surface area is 125 Å². The lowest BCUT2D eigenvalue weighted by atomic mass is 10.2. The van der Waals surface area contributed by atoms with E-state index >= 15 is 0 Å². The highest BCUT2D eigenvalue weighted by Gasteiger charge is 2.13. The van der Waals surface area contributed by atoms with Gasteiger partial charge in [0.2, 0.25) is 0 Å². The summed E-state index contributed by atoms with van der Waals surface area (Å²) >= 11 is 11.7. The number of nitro benzene ring substituents is 1. The Hall–Kier alpha value is -1.82. The van der Waals surface area contributed by atoms with Crippen molar-refractivity contribution in [3.8, 4) is 11.5 Å². The zero-order chi connectivity index (χ0) is 14.7. The van der Waals surface area contributed by atoms with Crippen LogP contribution >= 0.6 is 23.2 Å². The van der Waals surface area contributed by atoms with Gasteiger partial charge in [-0.25, -0.2) is 0 Å². The van der Waals surface area contributed by atoms with Crippen LogP contribution in [0.4, 0.5) is 5.69 Å². The molecule has 5 nitrogen and oxygen atoms in total. The number of rotatable bonds is 4. The van der Waals surface area contributed by atoms with Crippen LogP contribution < -0.4 is 10.5 Å². The van der Waals surface area contributed by atoms with Crippen molar-refractivity contribution < 1.29 is 9.66 Å². The molecule has 7 heteroatoms. The van der Waals surface area contributed by atoms with Crippen molar-refractivity contribution in [1.29, 1.82) is 0 Å². The fourth-order valence-electron chi connectivity index (χ4n) is 1.63. The van der Waals surface area contributed by atoms with Crippen LogP contribution in [-0.2, 0) is 6.54 Å². The van der Waals surface area contributed by atoms with Crippen molar-refractivity contribution >= 4 is 28.9 Å². The summed E-state index contributed by atoms with van der Waals surface area (Å²) in [6.07, 6.45) is 0. The second kappa shape index (κ2) is 6.09. The minimum Gasteiger partial charge on any atom is -0.457 e. The minimum atomic E-state index is -0.556. The quantitative estimate of drug-likeness (QED) is 0.679. The second-order valence-corrected chi connectivity index (χ2v) is 4.77. The smallest absolute Gasteiger partial charge is 0.288 e. The van der Waals surface area contributed by atoms with Gasteiger partial charge in [-0.3, -0.25) is 10.1 Å². The number of nitrogens with zero attached hydrogens (tertiary/aromatic N) is 1. The summed E-state index contributed by atoms with van der Waals surface area (Å²) in [7, 11) is 0. The summed E-state index contributed by atoms with van der Waals surface area (Å²) in [6.45, 7) is 0.261. The first kappa shape index (κ1) is 14.6. The van der Waals surface area contributed by atoms with Gasteiger partial charge in [-0.2, -0.15) is 0 Å². The summed E-state index contributed by atoms with van der Waals surface area (Å²) in [4.78, 5) is 10.1. The summed E-state index contributed by atoms with van der Waals surface area (Å²) < 4.78 is 5.63. The lowest BCUT2D eigenvalue weighted by Crippen LogP contribution is -1.99. The highest BCUT2D eigenvalue weighted by molar-refractivity contribution is 6.32. The molecule has 2 aromatic carbocycles. The molecule has 0 aliphatic rings. The number of ether oxygens (including phenoxy) is 1. The van der Waals surface area contributed by atoms with Gasteiger partial charge in [0.25, 0.3) is 5.69 Å². The minimum absolute atomic E-state index is 0.00996. The zero-order valence-electron chi connectivity index (χ0n) is 10.2. The van der Waals surface area contributed by atoms with E-state index in [4.69, 9.17) is 33.7 Å². The van der Waals surface area contributed by atoms with Gasteiger partial charge in [0.1, 0.15) is 16.5 Å². The Morgan fingerprint density at radius 3 is 2.55 bits per heavy atom. The lowest BCUT2D eigenvalue weighted by Gasteiger charge is -2.10. The largest absolute Gasteiger partial charge is 0.457 e. The number of nitro groups is 1. The molecular weight excluding hydrogens is 303 g/mol. The summed E-state index contributed by atoms with van der Waals surface area (Å²) in [5, 5.41) is 11.2. The maximum absolute atomic E-state index is 10.7. The number of benzene rings is 2. The molecular formula is C13H10Cl2N2O3. The van der Waals surface area contributed by atoms with E-state index in [0.29, 0.717) is 16.5 Å². The average Bonchev–Trinajstić information content (AvgIpc) is 2.40. The van der Waals surface area contributed by atoms with Crippen LogP contribution in [0.25, 0.3) is 0 Å². The fraction of sp³-hybridized carbons (Fsp3) is 0.0769. The van der Waals surface area contributed by atoms with Crippen molar-refractivity contribution in [2.75, 3.05) is 0 Å². The van der Waals surface area contributed by atoms with Crippen LogP contribution in [0.3, 0.4) is 0 Å². The highest BCUT2D eigenvalue weighted by Crippen LogP contribution is 2.32. The Bertz CT molecular complexity index is 662. The molecule has 20 heavy (non-hydrogen) atoms. The first-order chi connectivity index (χ1) is 9.51. The molecule has 0 aromatic heterocycles. The predicted octanol–water partition coefficient (Wildman–Crippen LogP) is 4.15. The van der Waals surface area contributed by atoms with E-state index in [2.05, 4.69) is 0 Å². The third kappa shape index (κ3) is 3.19. The van der Waals surface area contributed by atoms with Crippen LogP contribution in [0.2, 0.25) is 10.0 Å². The van der Waals surface area contributed by atoms with Crippen molar-refractivity contribution in [2.24, 2.45) is 5.73 Å².